The Hall–Kier alpha value is -1.44. The predicted octanol–water partition coefficient (Wildman–Crippen LogP) is 2.92. The maximum Gasteiger partial charge on any atom is 0.420 e. The first-order valence-electron chi connectivity index (χ1n) is 4.19. The molecule has 0 amide bonds. The minimum Gasteiger partial charge on any atom is -0.507 e. The molecule has 0 atom stereocenters. The first-order chi connectivity index (χ1) is 7.59. The van der Waals surface area contributed by atoms with Crippen molar-refractivity contribution in [1.29, 1.82) is 0 Å². The lowest BCUT2D eigenvalue weighted by molar-refractivity contribution is -0.145. The van der Waals surface area contributed by atoms with Crippen LogP contribution >= 0.6 is 0 Å². The number of rotatable bonds is 1. The Balaban J connectivity index is 3.60. The molecule has 0 aliphatic carbocycles. The number of aliphatic hydroxyl groups excluding tert-OH is 1. The second kappa shape index (κ2) is 4.10. The Labute approximate surface area is 91.1 Å². The molecule has 96 valence electrons. The third kappa shape index (κ3) is 2.63. The standard InChI is InChI=1S/C9H6F6O2/c10-8(11,12)5-1-2-6(17)7(4(5)3-16)9(13,14)15/h1-2,16-17H,3H2. The molecule has 2 nitrogen and oxygen atoms in total. The van der Waals surface area contributed by atoms with Crippen LogP contribution < -0.4 is 0 Å². The van der Waals surface area contributed by atoms with Crippen molar-refractivity contribution in [2.45, 2.75) is 19.0 Å². The van der Waals surface area contributed by atoms with Crippen molar-refractivity contribution in [2.24, 2.45) is 0 Å². The summed E-state index contributed by atoms with van der Waals surface area (Å²) in [4.78, 5) is 0. The van der Waals surface area contributed by atoms with E-state index in [-0.39, 0.29) is 6.07 Å². The van der Waals surface area contributed by atoms with Crippen LogP contribution in [0, 0.1) is 0 Å². The van der Waals surface area contributed by atoms with Gasteiger partial charge in [-0.15, -0.1) is 0 Å². The number of aromatic hydroxyl groups is 1. The second-order valence-corrected chi connectivity index (χ2v) is 3.14. The van der Waals surface area contributed by atoms with Gasteiger partial charge < -0.3 is 10.2 Å². The zero-order chi connectivity index (χ0) is 13.4. The maximum atomic E-state index is 12.4. The number of halogens is 6. The Bertz CT molecular complexity index is 421. The molecule has 0 aliphatic heterocycles. The number of hydrogen-bond donors (Lipinski definition) is 2. The van der Waals surface area contributed by atoms with Gasteiger partial charge in [-0.1, -0.05) is 0 Å². The van der Waals surface area contributed by atoms with Gasteiger partial charge in [0, 0.05) is 5.56 Å². The van der Waals surface area contributed by atoms with E-state index in [1.165, 1.54) is 0 Å². The third-order valence-electron chi connectivity index (χ3n) is 2.04. The van der Waals surface area contributed by atoms with E-state index in [4.69, 9.17) is 10.2 Å². The highest BCUT2D eigenvalue weighted by Crippen LogP contribution is 2.43. The summed E-state index contributed by atoms with van der Waals surface area (Å²) in [5.74, 6) is -1.35. The fourth-order valence-electron chi connectivity index (χ4n) is 1.38. The summed E-state index contributed by atoms with van der Waals surface area (Å²) in [7, 11) is 0. The normalized spacial score (nSPS) is 12.9. The van der Waals surface area contributed by atoms with Crippen LogP contribution in [0.3, 0.4) is 0 Å². The molecule has 0 spiro atoms. The summed E-state index contributed by atoms with van der Waals surface area (Å²) < 4.78 is 74.4. The van der Waals surface area contributed by atoms with E-state index in [0.717, 1.165) is 0 Å². The lowest BCUT2D eigenvalue weighted by atomic mass is 9.99. The topological polar surface area (TPSA) is 40.5 Å². The van der Waals surface area contributed by atoms with E-state index in [1.807, 2.05) is 0 Å². The molecule has 0 unspecified atom stereocenters. The molecule has 0 saturated heterocycles. The molecule has 2 N–H and O–H groups in total. The van der Waals surface area contributed by atoms with Crippen LogP contribution in [0.4, 0.5) is 26.3 Å². The van der Waals surface area contributed by atoms with E-state index >= 15 is 0 Å². The van der Waals surface area contributed by atoms with Crippen LogP contribution in [0.2, 0.25) is 0 Å². The van der Waals surface area contributed by atoms with Gasteiger partial charge in [-0.2, -0.15) is 26.3 Å². The first-order valence-corrected chi connectivity index (χ1v) is 4.19. The van der Waals surface area contributed by atoms with Crippen molar-refractivity contribution < 1.29 is 36.6 Å². The summed E-state index contributed by atoms with van der Waals surface area (Å²) in [5, 5.41) is 17.6. The monoisotopic (exact) mass is 260 g/mol. The quantitative estimate of drug-likeness (QED) is 0.762. The van der Waals surface area contributed by atoms with E-state index in [9.17, 15) is 26.3 Å². The van der Waals surface area contributed by atoms with E-state index in [0.29, 0.717) is 6.07 Å². The van der Waals surface area contributed by atoms with Crippen LogP contribution in [0.15, 0.2) is 12.1 Å². The van der Waals surface area contributed by atoms with Gasteiger partial charge in [0.25, 0.3) is 0 Å². The van der Waals surface area contributed by atoms with Crippen LogP contribution in [0.5, 0.6) is 5.75 Å². The zero-order valence-corrected chi connectivity index (χ0v) is 8.02. The van der Waals surface area contributed by atoms with Gasteiger partial charge in [0.15, 0.2) is 0 Å². The minimum atomic E-state index is -5.18. The molecule has 0 aliphatic rings. The molecule has 0 bridgehead atoms. The van der Waals surface area contributed by atoms with Crippen molar-refractivity contribution in [2.75, 3.05) is 0 Å². The van der Waals surface area contributed by atoms with E-state index in [1.54, 1.807) is 0 Å². The van der Waals surface area contributed by atoms with Crippen molar-refractivity contribution in [3.05, 3.63) is 28.8 Å². The number of phenolic OH excluding ortho intramolecular Hbond substituents is 1. The van der Waals surface area contributed by atoms with E-state index in [2.05, 4.69) is 0 Å². The molecule has 0 radical (unpaired) electrons. The molecular weight excluding hydrogens is 254 g/mol. The van der Waals surface area contributed by atoms with Crippen LogP contribution in [0.25, 0.3) is 0 Å². The lowest BCUT2D eigenvalue weighted by Gasteiger charge is -2.18. The highest BCUT2D eigenvalue weighted by atomic mass is 19.4. The molecule has 0 saturated carbocycles. The number of alkyl halides is 6. The fourth-order valence-corrected chi connectivity index (χ4v) is 1.38. The summed E-state index contributed by atoms with van der Waals surface area (Å²) in [6.07, 6.45) is -10.2. The van der Waals surface area contributed by atoms with Crippen molar-refractivity contribution >= 4 is 0 Å². The van der Waals surface area contributed by atoms with E-state index < -0.39 is 41.4 Å². The van der Waals surface area contributed by atoms with Crippen LogP contribution in [-0.4, -0.2) is 10.2 Å². The molecule has 8 heteroatoms. The zero-order valence-electron chi connectivity index (χ0n) is 8.02. The average Bonchev–Trinajstić information content (AvgIpc) is 2.12. The van der Waals surface area contributed by atoms with Crippen LogP contribution in [0.1, 0.15) is 16.7 Å². The SMILES string of the molecule is OCc1c(C(F)(F)F)ccc(O)c1C(F)(F)F. The van der Waals surface area contributed by atoms with Gasteiger partial charge in [0.1, 0.15) is 11.3 Å². The number of benzene rings is 1. The summed E-state index contributed by atoms with van der Waals surface area (Å²) >= 11 is 0. The highest BCUT2D eigenvalue weighted by molar-refractivity contribution is 5.47. The number of aliphatic hydroxyl groups is 1. The minimum absolute atomic E-state index is 0.288. The molecule has 0 fully saturated rings. The molecule has 1 aromatic carbocycles. The lowest BCUT2D eigenvalue weighted by Crippen LogP contribution is -2.16. The molecule has 1 aromatic rings. The largest absolute Gasteiger partial charge is 0.507 e. The number of hydrogen-bond acceptors (Lipinski definition) is 2. The predicted molar refractivity (Wildman–Crippen MR) is 44.0 cm³/mol. The van der Waals surface area contributed by atoms with Crippen LogP contribution in [-0.2, 0) is 19.0 Å². The molecule has 0 aromatic heterocycles. The molecule has 0 heterocycles. The van der Waals surface area contributed by atoms with Gasteiger partial charge in [0.05, 0.1) is 12.2 Å². The first kappa shape index (κ1) is 13.6. The highest BCUT2D eigenvalue weighted by Gasteiger charge is 2.42. The summed E-state index contributed by atoms with van der Waals surface area (Å²) in [5.41, 5.74) is -4.87. The smallest absolute Gasteiger partial charge is 0.420 e. The molecule has 1 rings (SSSR count). The van der Waals surface area contributed by atoms with Gasteiger partial charge in [-0.05, 0) is 12.1 Å². The van der Waals surface area contributed by atoms with Gasteiger partial charge >= 0.3 is 12.4 Å². The summed E-state index contributed by atoms with van der Waals surface area (Å²) in [6, 6.07) is 0.584. The van der Waals surface area contributed by atoms with Crippen molar-refractivity contribution in [3.8, 4) is 5.75 Å². The van der Waals surface area contributed by atoms with Crippen molar-refractivity contribution in [3.63, 3.8) is 0 Å². The summed E-state index contributed by atoms with van der Waals surface area (Å²) in [6.45, 7) is -1.47. The van der Waals surface area contributed by atoms with Gasteiger partial charge in [-0.3, -0.25) is 0 Å². The Morgan fingerprint density at radius 2 is 1.47 bits per heavy atom. The van der Waals surface area contributed by atoms with Gasteiger partial charge in [0.2, 0.25) is 0 Å². The average molecular weight is 260 g/mol. The Morgan fingerprint density at radius 1 is 0.941 bits per heavy atom. The molecular formula is C9H6F6O2. The van der Waals surface area contributed by atoms with Gasteiger partial charge in [-0.25, -0.2) is 0 Å². The fraction of sp³-hybridized carbons (Fsp3) is 0.333. The maximum absolute atomic E-state index is 12.4. The van der Waals surface area contributed by atoms with Crippen molar-refractivity contribution in [1.82, 2.24) is 0 Å². The third-order valence-corrected chi connectivity index (χ3v) is 2.04. The second-order valence-electron chi connectivity index (χ2n) is 3.14. The Kier molecular flexibility index (Phi) is 3.28. The molecule has 17 heavy (non-hydrogen) atoms. The Morgan fingerprint density at radius 3 is 1.82 bits per heavy atom. The number of phenols is 1.